The summed E-state index contributed by atoms with van der Waals surface area (Å²) in [5, 5.41) is 3.07. The highest BCUT2D eigenvalue weighted by molar-refractivity contribution is 5.81. The predicted octanol–water partition coefficient (Wildman–Crippen LogP) is 1.91. The number of nitrogens with zero attached hydrogens (tertiary/aromatic N) is 1. The number of ether oxygens (including phenoxy) is 1. The molecule has 1 aliphatic carbocycles. The molecule has 5 nitrogen and oxygen atoms in total. The molecule has 2 amide bonds. The quantitative estimate of drug-likeness (QED) is 0.775. The SMILES string of the molecule is CCCCOC(=O)N1CCC(NC(=O)C2CC2)CC1. The molecule has 5 heteroatoms. The van der Waals surface area contributed by atoms with Gasteiger partial charge in [0.1, 0.15) is 0 Å². The molecule has 0 aromatic heterocycles. The summed E-state index contributed by atoms with van der Waals surface area (Å²) in [5.41, 5.74) is 0. The molecule has 0 atom stereocenters. The van der Waals surface area contributed by atoms with E-state index in [0.29, 0.717) is 19.7 Å². The van der Waals surface area contributed by atoms with E-state index in [1.807, 2.05) is 0 Å². The van der Waals surface area contributed by atoms with Gasteiger partial charge in [0.25, 0.3) is 0 Å². The van der Waals surface area contributed by atoms with Crippen LogP contribution in [0.3, 0.4) is 0 Å². The molecule has 1 saturated heterocycles. The maximum atomic E-state index is 11.7. The van der Waals surface area contributed by atoms with Crippen molar-refractivity contribution in [2.75, 3.05) is 19.7 Å². The van der Waals surface area contributed by atoms with Crippen molar-refractivity contribution >= 4 is 12.0 Å². The van der Waals surface area contributed by atoms with Crippen LogP contribution in [0.25, 0.3) is 0 Å². The molecule has 1 aliphatic heterocycles. The molecule has 1 saturated carbocycles. The Morgan fingerprint density at radius 1 is 1.21 bits per heavy atom. The van der Waals surface area contributed by atoms with Crippen LogP contribution in [0.2, 0.25) is 0 Å². The third kappa shape index (κ3) is 4.40. The average molecular weight is 268 g/mol. The van der Waals surface area contributed by atoms with Crippen molar-refractivity contribution in [2.24, 2.45) is 5.92 Å². The fourth-order valence-corrected chi connectivity index (χ4v) is 2.27. The van der Waals surface area contributed by atoms with Crippen LogP contribution in [0.15, 0.2) is 0 Å². The van der Waals surface area contributed by atoms with Gasteiger partial charge in [-0.25, -0.2) is 4.79 Å². The van der Waals surface area contributed by atoms with Crippen LogP contribution >= 0.6 is 0 Å². The van der Waals surface area contributed by atoms with E-state index in [4.69, 9.17) is 4.74 Å². The minimum absolute atomic E-state index is 0.198. The van der Waals surface area contributed by atoms with Crippen LogP contribution in [0.1, 0.15) is 45.4 Å². The molecule has 2 aliphatic rings. The minimum atomic E-state index is -0.208. The first-order chi connectivity index (χ1) is 9.20. The molecular weight excluding hydrogens is 244 g/mol. The summed E-state index contributed by atoms with van der Waals surface area (Å²) >= 11 is 0. The molecule has 0 spiro atoms. The zero-order valence-electron chi connectivity index (χ0n) is 11.7. The van der Waals surface area contributed by atoms with Gasteiger partial charge in [0.05, 0.1) is 6.61 Å². The van der Waals surface area contributed by atoms with Crippen LogP contribution < -0.4 is 5.32 Å². The average Bonchev–Trinajstić information content (AvgIpc) is 3.24. The Morgan fingerprint density at radius 2 is 1.89 bits per heavy atom. The molecule has 19 heavy (non-hydrogen) atoms. The molecule has 0 aromatic carbocycles. The van der Waals surface area contributed by atoms with E-state index in [1.165, 1.54) is 0 Å². The number of unbranched alkanes of at least 4 members (excludes halogenated alkanes) is 1. The maximum Gasteiger partial charge on any atom is 0.409 e. The van der Waals surface area contributed by atoms with Crippen molar-refractivity contribution < 1.29 is 14.3 Å². The number of hydrogen-bond donors (Lipinski definition) is 1. The highest BCUT2D eigenvalue weighted by Crippen LogP contribution is 2.29. The van der Waals surface area contributed by atoms with E-state index in [-0.39, 0.29) is 24.0 Å². The summed E-state index contributed by atoms with van der Waals surface area (Å²) in [7, 11) is 0. The van der Waals surface area contributed by atoms with Crippen molar-refractivity contribution in [2.45, 2.75) is 51.5 Å². The Labute approximate surface area is 114 Å². The van der Waals surface area contributed by atoms with Crippen molar-refractivity contribution in [3.63, 3.8) is 0 Å². The number of piperidine rings is 1. The first-order valence-electron chi connectivity index (χ1n) is 7.42. The third-order valence-electron chi connectivity index (χ3n) is 3.77. The molecule has 0 unspecified atom stereocenters. The second-order valence-electron chi connectivity index (χ2n) is 5.51. The minimum Gasteiger partial charge on any atom is -0.449 e. The fourth-order valence-electron chi connectivity index (χ4n) is 2.27. The van der Waals surface area contributed by atoms with E-state index in [1.54, 1.807) is 4.90 Å². The van der Waals surface area contributed by atoms with Crippen LogP contribution in [-0.2, 0) is 9.53 Å². The smallest absolute Gasteiger partial charge is 0.409 e. The number of amides is 2. The van der Waals surface area contributed by atoms with Gasteiger partial charge in [-0.1, -0.05) is 13.3 Å². The van der Waals surface area contributed by atoms with E-state index in [9.17, 15) is 9.59 Å². The lowest BCUT2D eigenvalue weighted by Gasteiger charge is -2.31. The summed E-state index contributed by atoms with van der Waals surface area (Å²) in [6.45, 7) is 3.94. The molecule has 1 heterocycles. The monoisotopic (exact) mass is 268 g/mol. The van der Waals surface area contributed by atoms with Crippen LogP contribution in [-0.4, -0.2) is 42.6 Å². The topological polar surface area (TPSA) is 58.6 Å². The highest BCUT2D eigenvalue weighted by atomic mass is 16.6. The fraction of sp³-hybridized carbons (Fsp3) is 0.857. The Hall–Kier alpha value is -1.26. The molecule has 0 radical (unpaired) electrons. The number of rotatable bonds is 5. The van der Waals surface area contributed by atoms with Crippen molar-refractivity contribution in [1.82, 2.24) is 10.2 Å². The lowest BCUT2D eigenvalue weighted by Crippen LogP contribution is -2.47. The summed E-state index contributed by atoms with van der Waals surface area (Å²) in [6, 6.07) is 0.229. The Balaban J connectivity index is 1.63. The number of nitrogens with one attached hydrogen (secondary N) is 1. The van der Waals surface area contributed by atoms with Crippen molar-refractivity contribution in [3.05, 3.63) is 0 Å². The van der Waals surface area contributed by atoms with Gasteiger partial charge in [0.15, 0.2) is 0 Å². The molecule has 2 fully saturated rings. The maximum absolute atomic E-state index is 11.7. The number of carbonyl (C=O) groups is 2. The van der Waals surface area contributed by atoms with Crippen molar-refractivity contribution in [1.29, 1.82) is 0 Å². The van der Waals surface area contributed by atoms with Gasteiger partial charge in [0.2, 0.25) is 5.91 Å². The number of likely N-dealkylation sites (tertiary alicyclic amines) is 1. The second-order valence-corrected chi connectivity index (χ2v) is 5.51. The third-order valence-corrected chi connectivity index (χ3v) is 3.77. The molecule has 108 valence electrons. The van der Waals surface area contributed by atoms with E-state index < -0.39 is 0 Å². The predicted molar refractivity (Wildman–Crippen MR) is 71.7 cm³/mol. The Kier molecular flexibility index (Phi) is 5.05. The van der Waals surface area contributed by atoms with E-state index >= 15 is 0 Å². The van der Waals surface area contributed by atoms with Gasteiger partial charge in [-0.3, -0.25) is 4.79 Å². The number of hydrogen-bond acceptors (Lipinski definition) is 3. The summed E-state index contributed by atoms with van der Waals surface area (Å²) in [6.07, 6.45) is 5.48. The van der Waals surface area contributed by atoms with Gasteiger partial charge < -0.3 is 15.0 Å². The zero-order chi connectivity index (χ0) is 13.7. The van der Waals surface area contributed by atoms with Crippen LogP contribution in [0, 0.1) is 5.92 Å². The van der Waals surface area contributed by atoms with Crippen LogP contribution in [0.4, 0.5) is 4.79 Å². The summed E-state index contributed by atoms with van der Waals surface area (Å²) in [5.74, 6) is 0.459. The summed E-state index contributed by atoms with van der Waals surface area (Å²) < 4.78 is 5.19. The Bertz CT molecular complexity index is 321. The molecule has 1 N–H and O–H groups in total. The lowest BCUT2D eigenvalue weighted by atomic mass is 10.1. The van der Waals surface area contributed by atoms with Gasteiger partial charge in [0, 0.05) is 25.0 Å². The highest BCUT2D eigenvalue weighted by Gasteiger charge is 2.32. The van der Waals surface area contributed by atoms with Gasteiger partial charge in [-0.05, 0) is 32.1 Å². The van der Waals surface area contributed by atoms with Crippen LogP contribution in [0.5, 0.6) is 0 Å². The Morgan fingerprint density at radius 3 is 2.47 bits per heavy atom. The largest absolute Gasteiger partial charge is 0.449 e. The standard InChI is InChI=1S/C14H24N2O3/c1-2-3-10-19-14(18)16-8-6-12(7-9-16)15-13(17)11-4-5-11/h11-12H,2-10H2,1H3,(H,15,17). The van der Waals surface area contributed by atoms with Crippen molar-refractivity contribution in [3.8, 4) is 0 Å². The molecular formula is C14H24N2O3. The van der Waals surface area contributed by atoms with Gasteiger partial charge in [-0.15, -0.1) is 0 Å². The normalized spacial score (nSPS) is 20.2. The summed E-state index contributed by atoms with van der Waals surface area (Å²) in [4.78, 5) is 25.1. The zero-order valence-corrected chi connectivity index (χ0v) is 11.7. The molecule has 0 bridgehead atoms. The lowest BCUT2D eigenvalue weighted by molar-refractivity contribution is -0.123. The van der Waals surface area contributed by atoms with E-state index in [2.05, 4.69) is 12.2 Å². The molecule has 0 aromatic rings. The second kappa shape index (κ2) is 6.78. The first-order valence-corrected chi connectivity index (χ1v) is 7.42. The van der Waals surface area contributed by atoms with Gasteiger partial charge >= 0.3 is 6.09 Å². The first kappa shape index (κ1) is 14.2. The number of carbonyl (C=O) groups excluding carboxylic acids is 2. The molecule has 2 rings (SSSR count). The van der Waals surface area contributed by atoms with Gasteiger partial charge in [-0.2, -0.15) is 0 Å². The van der Waals surface area contributed by atoms with E-state index in [0.717, 1.165) is 38.5 Å².